The van der Waals surface area contributed by atoms with Crippen LogP contribution in [0, 0.1) is 0 Å². The lowest BCUT2D eigenvalue weighted by Crippen LogP contribution is -2.05. The maximum absolute atomic E-state index is 9.68. The summed E-state index contributed by atoms with van der Waals surface area (Å²) in [7, 11) is 0. The van der Waals surface area contributed by atoms with Crippen molar-refractivity contribution in [1.29, 1.82) is 0 Å². The summed E-state index contributed by atoms with van der Waals surface area (Å²) in [5, 5.41) is 18.7. The Kier molecular flexibility index (Phi) is 4.66. The zero-order valence-corrected chi connectivity index (χ0v) is 12.5. The molecule has 0 unspecified atom stereocenters. The molecule has 0 spiro atoms. The zero-order valence-electron chi connectivity index (χ0n) is 12.5. The lowest BCUT2D eigenvalue weighted by Gasteiger charge is -2.09. The first-order valence-corrected chi connectivity index (χ1v) is 7.35. The molecule has 23 heavy (non-hydrogen) atoms. The van der Waals surface area contributed by atoms with E-state index in [0.29, 0.717) is 5.69 Å². The maximum Gasteiger partial charge on any atom is 0.127 e. The number of aliphatic hydroxyl groups is 2. The lowest BCUT2D eigenvalue weighted by molar-refractivity contribution is 0.0923. The number of aliphatic hydroxyl groups excluding tert-OH is 2. The second-order valence-corrected chi connectivity index (χ2v) is 5.09. The highest BCUT2D eigenvalue weighted by atomic mass is 16.5. The summed E-state index contributed by atoms with van der Waals surface area (Å²) in [4.78, 5) is 4.38. The second-order valence-electron chi connectivity index (χ2n) is 5.09. The number of ether oxygens (including phenoxy) is 1. The molecule has 3 aromatic rings. The molecular weight excluding hydrogens is 290 g/mol. The fourth-order valence-electron chi connectivity index (χ4n) is 2.21. The summed E-state index contributed by atoms with van der Waals surface area (Å²) in [6, 6.07) is 22.5. The van der Waals surface area contributed by atoms with Gasteiger partial charge in [-0.15, -0.1) is 0 Å². The molecule has 4 nitrogen and oxygen atoms in total. The first-order chi connectivity index (χ1) is 11.3. The fraction of sp³-hybridized carbons (Fsp3) is 0.105. The van der Waals surface area contributed by atoms with Crippen molar-refractivity contribution in [2.24, 2.45) is 0 Å². The van der Waals surface area contributed by atoms with Crippen LogP contribution in [0.1, 0.15) is 11.8 Å². The largest absolute Gasteiger partial charge is 0.457 e. The van der Waals surface area contributed by atoms with E-state index in [1.165, 1.54) is 0 Å². The molecule has 0 amide bonds. The molecule has 1 heterocycles. The molecule has 1 atom stereocenters. The normalized spacial score (nSPS) is 11.9. The van der Waals surface area contributed by atoms with Gasteiger partial charge in [-0.3, -0.25) is 0 Å². The van der Waals surface area contributed by atoms with Crippen molar-refractivity contribution in [3.8, 4) is 22.8 Å². The number of rotatable bonds is 5. The zero-order chi connectivity index (χ0) is 16.1. The first kappa shape index (κ1) is 15.2. The highest BCUT2D eigenvalue weighted by Gasteiger charge is 2.09. The number of hydrogen-bond donors (Lipinski definition) is 2. The molecule has 116 valence electrons. The Hall–Kier alpha value is -2.69. The van der Waals surface area contributed by atoms with Crippen LogP contribution in [0.15, 0.2) is 72.8 Å². The Morgan fingerprint density at radius 2 is 1.52 bits per heavy atom. The predicted molar refractivity (Wildman–Crippen MR) is 88.2 cm³/mol. The summed E-state index contributed by atoms with van der Waals surface area (Å²) in [6.45, 7) is -0.347. The average Bonchev–Trinajstić information content (AvgIpc) is 2.62. The highest BCUT2D eigenvalue weighted by Crippen LogP contribution is 2.25. The third-order valence-electron chi connectivity index (χ3n) is 3.41. The van der Waals surface area contributed by atoms with Crippen molar-refractivity contribution in [2.75, 3.05) is 6.61 Å². The Morgan fingerprint density at radius 3 is 2.22 bits per heavy atom. The molecule has 2 aromatic carbocycles. The second kappa shape index (κ2) is 7.05. The van der Waals surface area contributed by atoms with Gasteiger partial charge in [0.15, 0.2) is 0 Å². The molecule has 0 aliphatic heterocycles. The smallest absolute Gasteiger partial charge is 0.127 e. The van der Waals surface area contributed by atoms with Crippen molar-refractivity contribution in [3.05, 3.63) is 78.5 Å². The predicted octanol–water partition coefficient (Wildman–Crippen LogP) is 3.57. The Labute approximate surface area is 134 Å². The SMILES string of the molecule is OC[C@@H](O)c1cccc(-c2ccc(Oc3ccccc3)cc2)n1. The topological polar surface area (TPSA) is 62.6 Å². The molecular formula is C19H17NO3. The van der Waals surface area contributed by atoms with E-state index in [1.54, 1.807) is 6.07 Å². The van der Waals surface area contributed by atoms with E-state index in [1.807, 2.05) is 66.7 Å². The van der Waals surface area contributed by atoms with Gasteiger partial charge in [0.25, 0.3) is 0 Å². The summed E-state index contributed by atoms with van der Waals surface area (Å²) in [5.74, 6) is 1.53. The van der Waals surface area contributed by atoms with E-state index in [4.69, 9.17) is 9.84 Å². The molecule has 2 N–H and O–H groups in total. The van der Waals surface area contributed by atoms with E-state index in [0.717, 1.165) is 22.8 Å². The van der Waals surface area contributed by atoms with E-state index < -0.39 is 6.10 Å². The van der Waals surface area contributed by atoms with Gasteiger partial charge in [0.05, 0.1) is 18.0 Å². The minimum atomic E-state index is -0.962. The van der Waals surface area contributed by atoms with Crippen LogP contribution in [-0.2, 0) is 0 Å². The number of benzene rings is 2. The Balaban J connectivity index is 1.79. The van der Waals surface area contributed by atoms with Crippen molar-refractivity contribution >= 4 is 0 Å². The lowest BCUT2D eigenvalue weighted by atomic mass is 10.1. The molecule has 3 rings (SSSR count). The van der Waals surface area contributed by atoms with Crippen molar-refractivity contribution in [1.82, 2.24) is 4.98 Å². The molecule has 0 fully saturated rings. The van der Waals surface area contributed by atoms with Crippen LogP contribution in [-0.4, -0.2) is 21.8 Å². The average molecular weight is 307 g/mol. The number of pyridine rings is 1. The van der Waals surface area contributed by atoms with Gasteiger partial charge in [0.1, 0.15) is 17.6 Å². The minimum Gasteiger partial charge on any atom is -0.457 e. The summed E-state index contributed by atoms with van der Waals surface area (Å²) < 4.78 is 5.76. The molecule has 0 saturated carbocycles. The van der Waals surface area contributed by atoms with Gasteiger partial charge < -0.3 is 14.9 Å². The molecule has 0 bridgehead atoms. The minimum absolute atomic E-state index is 0.347. The van der Waals surface area contributed by atoms with Crippen molar-refractivity contribution in [2.45, 2.75) is 6.10 Å². The number of nitrogens with zero attached hydrogens (tertiary/aromatic N) is 1. The molecule has 0 radical (unpaired) electrons. The Morgan fingerprint density at radius 1 is 0.826 bits per heavy atom. The van der Waals surface area contributed by atoms with Crippen LogP contribution in [0.4, 0.5) is 0 Å². The van der Waals surface area contributed by atoms with E-state index >= 15 is 0 Å². The molecule has 1 aromatic heterocycles. The molecule has 0 aliphatic carbocycles. The fourth-order valence-corrected chi connectivity index (χ4v) is 2.21. The quantitative estimate of drug-likeness (QED) is 0.756. The molecule has 0 saturated heterocycles. The van der Waals surface area contributed by atoms with Crippen LogP contribution < -0.4 is 4.74 Å². The number of para-hydroxylation sites is 1. The van der Waals surface area contributed by atoms with Gasteiger partial charge in [-0.2, -0.15) is 0 Å². The highest BCUT2D eigenvalue weighted by molar-refractivity contribution is 5.60. The standard InChI is InChI=1S/C19H17NO3/c21-13-19(22)18-8-4-7-17(20-18)14-9-11-16(12-10-14)23-15-5-2-1-3-6-15/h1-12,19,21-22H,13H2/t19-/m1/s1. The first-order valence-electron chi connectivity index (χ1n) is 7.35. The number of aromatic nitrogens is 1. The van der Waals surface area contributed by atoms with Crippen LogP contribution in [0.3, 0.4) is 0 Å². The summed E-state index contributed by atoms with van der Waals surface area (Å²) in [5.41, 5.74) is 2.10. The van der Waals surface area contributed by atoms with Crippen LogP contribution >= 0.6 is 0 Å². The number of hydrogen-bond acceptors (Lipinski definition) is 4. The van der Waals surface area contributed by atoms with Gasteiger partial charge in [0, 0.05) is 5.56 Å². The van der Waals surface area contributed by atoms with Crippen LogP contribution in [0.5, 0.6) is 11.5 Å². The van der Waals surface area contributed by atoms with Gasteiger partial charge in [-0.1, -0.05) is 24.3 Å². The Bertz CT molecular complexity index is 757. The van der Waals surface area contributed by atoms with E-state index in [2.05, 4.69) is 4.98 Å². The van der Waals surface area contributed by atoms with Crippen LogP contribution in [0.2, 0.25) is 0 Å². The van der Waals surface area contributed by atoms with Gasteiger partial charge >= 0.3 is 0 Å². The molecule has 4 heteroatoms. The van der Waals surface area contributed by atoms with Gasteiger partial charge in [-0.25, -0.2) is 4.98 Å². The monoisotopic (exact) mass is 307 g/mol. The van der Waals surface area contributed by atoms with E-state index in [-0.39, 0.29) is 6.61 Å². The van der Waals surface area contributed by atoms with Crippen molar-refractivity contribution < 1.29 is 14.9 Å². The summed E-state index contributed by atoms with van der Waals surface area (Å²) in [6.07, 6.45) is -0.962. The third kappa shape index (κ3) is 3.74. The van der Waals surface area contributed by atoms with Gasteiger partial charge in [-0.05, 0) is 48.5 Å². The maximum atomic E-state index is 9.68. The van der Waals surface area contributed by atoms with Crippen molar-refractivity contribution in [3.63, 3.8) is 0 Å². The summed E-state index contributed by atoms with van der Waals surface area (Å²) >= 11 is 0. The van der Waals surface area contributed by atoms with Crippen LogP contribution in [0.25, 0.3) is 11.3 Å². The van der Waals surface area contributed by atoms with E-state index in [9.17, 15) is 5.11 Å². The third-order valence-corrected chi connectivity index (χ3v) is 3.41. The van der Waals surface area contributed by atoms with Gasteiger partial charge in [0.2, 0.25) is 0 Å². The molecule has 0 aliphatic rings.